The molecule has 2 N–H and O–H groups in total. The molecular formula is C23H37NO. The number of hydrogen-bond acceptors (Lipinski definition) is 2. The molecule has 0 amide bonds. The molecule has 25 heavy (non-hydrogen) atoms. The van der Waals surface area contributed by atoms with Crippen molar-refractivity contribution in [2.24, 2.45) is 52.1 Å². The molecule has 5 aliphatic rings. The summed E-state index contributed by atoms with van der Waals surface area (Å²) < 4.78 is 0. The van der Waals surface area contributed by atoms with Crippen molar-refractivity contribution < 1.29 is 4.79 Å². The Bertz CT molecular complexity index is 601. The van der Waals surface area contributed by atoms with E-state index in [1.165, 1.54) is 44.9 Å². The molecule has 5 aliphatic carbocycles. The summed E-state index contributed by atoms with van der Waals surface area (Å²) in [5, 5.41) is 0. The zero-order chi connectivity index (χ0) is 17.6. The van der Waals surface area contributed by atoms with Gasteiger partial charge in [-0.3, -0.25) is 4.79 Å². The highest BCUT2D eigenvalue weighted by Gasteiger charge is 2.73. The van der Waals surface area contributed by atoms with Crippen molar-refractivity contribution in [2.75, 3.05) is 0 Å². The summed E-state index contributed by atoms with van der Waals surface area (Å²) in [6.07, 6.45) is 12.1. The van der Waals surface area contributed by atoms with Gasteiger partial charge in [0.2, 0.25) is 0 Å². The summed E-state index contributed by atoms with van der Waals surface area (Å²) in [5.41, 5.74) is 8.40. The molecule has 0 radical (unpaired) electrons. The number of nitrogens with two attached hydrogens (primary N) is 1. The van der Waals surface area contributed by atoms with Crippen molar-refractivity contribution in [3.63, 3.8) is 0 Å². The lowest BCUT2D eigenvalue weighted by molar-refractivity contribution is -0.203. The molecule has 5 saturated carbocycles. The fourth-order valence-corrected chi connectivity index (χ4v) is 9.77. The summed E-state index contributed by atoms with van der Waals surface area (Å²) in [4.78, 5) is 12.1. The standard InChI is InChI=1S/C23H37NO/c1-4-17-14(2)22-11-9-19-21(3)10-8-16(25)13-15(21)7-12-23(19,24)20(22)6-5-18(17)22/h14-15,17-20H,4-13,24H2,1-3H3. The fourth-order valence-electron chi connectivity index (χ4n) is 9.77. The van der Waals surface area contributed by atoms with E-state index in [9.17, 15) is 4.79 Å². The van der Waals surface area contributed by atoms with Crippen LogP contribution < -0.4 is 5.73 Å². The van der Waals surface area contributed by atoms with Crippen LogP contribution in [-0.4, -0.2) is 11.3 Å². The average Bonchev–Trinajstić information content (AvgIpc) is 2.93. The predicted molar refractivity (Wildman–Crippen MR) is 101 cm³/mol. The lowest BCUT2D eigenvalue weighted by atomic mass is 9.35. The second-order valence-electron chi connectivity index (χ2n) is 10.9. The van der Waals surface area contributed by atoms with Crippen LogP contribution in [0.15, 0.2) is 0 Å². The van der Waals surface area contributed by atoms with Crippen molar-refractivity contribution in [3.8, 4) is 0 Å². The molecule has 0 saturated heterocycles. The third-order valence-corrected chi connectivity index (χ3v) is 10.8. The molecule has 5 rings (SSSR count). The Balaban J connectivity index is 1.50. The van der Waals surface area contributed by atoms with Gasteiger partial charge in [0.25, 0.3) is 0 Å². The van der Waals surface area contributed by atoms with E-state index in [4.69, 9.17) is 5.73 Å². The van der Waals surface area contributed by atoms with E-state index < -0.39 is 0 Å². The van der Waals surface area contributed by atoms with Gasteiger partial charge < -0.3 is 5.73 Å². The molecule has 140 valence electrons. The van der Waals surface area contributed by atoms with Crippen molar-refractivity contribution in [2.45, 2.75) is 90.5 Å². The van der Waals surface area contributed by atoms with Gasteiger partial charge in [-0.05, 0) is 91.3 Å². The van der Waals surface area contributed by atoms with Crippen LogP contribution in [0.3, 0.4) is 0 Å². The summed E-state index contributed by atoms with van der Waals surface area (Å²) in [5.74, 6) is 5.37. The maximum absolute atomic E-state index is 12.1. The van der Waals surface area contributed by atoms with Crippen LogP contribution in [0.1, 0.15) is 85.0 Å². The molecule has 2 heteroatoms. The van der Waals surface area contributed by atoms with Gasteiger partial charge in [-0.1, -0.05) is 27.2 Å². The summed E-state index contributed by atoms with van der Waals surface area (Å²) >= 11 is 0. The topological polar surface area (TPSA) is 43.1 Å². The Kier molecular flexibility index (Phi) is 3.43. The van der Waals surface area contributed by atoms with Gasteiger partial charge in [0.15, 0.2) is 0 Å². The van der Waals surface area contributed by atoms with Gasteiger partial charge >= 0.3 is 0 Å². The monoisotopic (exact) mass is 343 g/mol. The summed E-state index contributed by atoms with van der Waals surface area (Å²) in [6, 6.07) is 0. The van der Waals surface area contributed by atoms with Gasteiger partial charge in [0, 0.05) is 18.4 Å². The normalized spacial score (nSPS) is 60.1. The number of fused-ring (bicyclic) bond motifs is 4. The van der Waals surface area contributed by atoms with E-state index in [0.717, 1.165) is 42.9 Å². The van der Waals surface area contributed by atoms with Gasteiger partial charge in [0.05, 0.1) is 0 Å². The van der Waals surface area contributed by atoms with E-state index in [-0.39, 0.29) is 5.54 Å². The minimum atomic E-state index is 0.0611. The Morgan fingerprint density at radius 1 is 1.08 bits per heavy atom. The van der Waals surface area contributed by atoms with Crippen molar-refractivity contribution in [1.29, 1.82) is 0 Å². The Morgan fingerprint density at radius 2 is 1.88 bits per heavy atom. The second kappa shape index (κ2) is 5.12. The number of hydrogen-bond donors (Lipinski definition) is 1. The Hall–Kier alpha value is -0.370. The largest absolute Gasteiger partial charge is 0.325 e. The van der Waals surface area contributed by atoms with E-state index in [1.807, 2.05) is 0 Å². The maximum Gasteiger partial charge on any atom is 0.133 e. The third-order valence-electron chi connectivity index (χ3n) is 10.8. The molecular weight excluding hydrogens is 306 g/mol. The fraction of sp³-hybridized carbons (Fsp3) is 0.957. The van der Waals surface area contributed by atoms with Gasteiger partial charge in [-0.25, -0.2) is 0 Å². The quantitative estimate of drug-likeness (QED) is 0.732. The molecule has 5 fully saturated rings. The van der Waals surface area contributed by atoms with E-state index >= 15 is 0 Å². The van der Waals surface area contributed by atoms with Crippen LogP contribution in [0, 0.1) is 46.3 Å². The molecule has 0 bridgehead atoms. The molecule has 0 aromatic rings. The van der Waals surface area contributed by atoms with E-state index in [1.54, 1.807) is 0 Å². The number of ketones is 1. The van der Waals surface area contributed by atoms with Crippen molar-refractivity contribution in [1.82, 2.24) is 0 Å². The van der Waals surface area contributed by atoms with Crippen LogP contribution in [0.5, 0.6) is 0 Å². The molecule has 9 unspecified atom stereocenters. The Labute approximate surface area is 153 Å². The maximum atomic E-state index is 12.1. The lowest BCUT2D eigenvalue weighted by Crippen LogP contribution is -2.72. The first-order valence-corrected chi connectivity index (χ1v) is 11.2. The van der Waals surface area contributed by atoms with Crippen molar-refractivity contribution >= 4 is 5.78 Å². The predicted octanol–water partition coefficient (Wildman–Crippen LogP) is 4.95. The molecule has 0 heterocycles. The minimum absolute atomic E-state index is 0.0611. The number of rotatable bonds is 1. The summed E-state index contributed by atoms with van der Waals surface area (Å²) in [7, 11) is 0. The van der Waals surface area contributed by atoms with Gasteiger partial charge in [0.1, 0.15) is 5.78 Å². The highest BCUT2D eigenvalue weighted by atomic mass is 16.1. The van der Waals surface area contributed by atoms with Crippen LogP contribution in [0.4, 0.5) is 0 Å². The van der Waals surface area contributed by atoms with Gasteiger partial charge in [-0.2, -0.15) is 0 Å². The van der Waals surface area contributed by atoms with E-state index in [0.29, 0.717) is 28.4 Å². The third kappa shape index (κ3) is 1.79. The zero-order valence-corrected chi connectivity index (χ0v) is 16.5. The van der Waals surface area contributed by atoms with Crippen LogP contribution in [0.25, 0.3) is 0 Å². The highest BCUT2D eigenvalue weighted by molar-refractivity contribution is 5.79. The molecule has 0 aromatic heterocycles. The molecule has 1 spiro atoms. The van der Waals surface area contributed by atoms with Gasteiger partial charge in [-0.15, -0.1) is 0 Å². The first-order valence-electron chi connectivity index (χ1n) is 11.2. The molecule has 9 atom stereocenters. The highest BCUT2D eigenvalue weighted by Crippen LogP contribution is 2.76. The smallest absolute Gasteiger partial charge is 0.133 e. The minimum Gasteiger partial charge on any atom is -0.325 e. The first kappa shape index (κ1) is 16.8. The second-order valence-corrected chi connectivity index (χ2v) is 10.9. The van der Waals surface area contributed by atoms with Crippen LogP contribution >= 0.6 is 0 Å². The van der Waals surface area contributed by atoms with Crippen LogP contribution in [-0.2, 0) is 4.79 Å². The SMILES string of the molecule is CCC1C(C)C23CCC4C5(C)CCC(=O)CC5CCC4(N)C2CCC13. The molecule has 0 aromatic carbocycles. The molecule has 2 nitrogen and oxygen atoms in total. The average molecular weight is 344 g/mol. The summed E-state index contributed by atoms with van der Waals surface area (Å²) in [6.45, 7) is 7.47. The van der Waals surface area contributed by atoms with E-state index in [2.05, 4.69) is 20.8 Å². The Morgan fingerprint density at radius 3 is 2.64 bits per heavy atom. The zero-order valence-electron chi connectivity index (χ0n) is 16.5. The first-order chi connectivity index (χ1) is 11.9. The molecule has 0 aliphatic heterocycles. The van der Waals surface area contributed by atoms with Crippen molar-refractivity contribution in [3.05, 3.63) is 0 Å². The lowest BCUT2D eigenvalue weighted by Gasteiger charge is -2.71. The van der Waals surface area contributed by atoms with Crippen LogP contribution in [0.2, 0.25) is 0 Å². The number of Topliss-reactive ketones (excluding diaryl/α,β-unsaturated/α-hetero) is 1. The number of carbonyl (C=O) groups is 1. The number of carbonyl (C=O) groups excluding carboxylic acids is 1.